The zero-order chi connectivity index (χ0) is 16.4. The van der Waals surface area contributed by atoms with Crippen molar-refractivity contribution >= 4 is 28.2 Å². The third-order valence-corrected chi connectivity index (χ3v) is 5.15. The highest BCUT2D eigenvalue weighted by atomic mass is 32.1. The molecule has 1 aromatic carbocycles. The van der Waals surface area contributed by atoms with Gasteiger partial charge in [0.05, 0.1) is 12.2 Å². The van der Waals surface area contributed by atoms with Crippen LogP contribution in [0.3, 0.4) is 0 Å². The lowest BCUT2D eigenvalue weighted by atomic mass is 10.1. The van der Waals surface area contributed by atoms with Crippen molar-refractivity contribution in [1.29, 1.82) is 0 Å². The first kappa shape index (κ1) is 15.7. The van der Waals surface area contributed by atoms with Gasteiger partial charge in [-0.2, -0.15) is 0 Å². The normalized spacial score (nSPS) is 12.8. The standard InChI is InChI=1S/C18H19NO3S/c1-3-22-18(21)15-13-5-4-6-14(13)23-17(15)19-16(20)12-9-7-11(2)8-10-12/h7-10H,3-6H2,1-2H3,(H,19,20). The highest BCUT2D eigenvalue weighted by Crippen LogP contribution is 2.39. The average Bonchev–Trinajstić information content (AvgIpc) is 3.08. The van der Waals surface area contributed by atoms with Gasteiger partial charge in [0.15, 0.2) is 0 Å². The van der Waals surface area contributed by atoms with Crippen molar-refractivity contribution in [3.8, 4) is 0 Å². The van der Waals surface area contributed by atoms with Gasteiger partial charge in [-0.15, -0.1) is 11.3 Å². The van der Waals surface area contributed by atoms with E-state index < -0.39 is 0 Å². The molecular formula is C18H19NO3S. The van der Waals surface area contributed by atoms with Crippen molar-refractivity contribution in [2.75, 3.05) is 11.9 Å². The van der Waals surface area contributed by atoms with E-state index in [0.717, 1.165) is 30.4 Å². The van der Waals surface area contributed by atoms with Gasteiger partial charge in [-0.25, -0.2) is 4.79 Å². The van der Waals surface area contributed by atoms with E-state index in [0.29, 0.717) is 22.7 Å². The molecular weight excluding hydrogens is 310 g/mol. The van der Waals surface area contributed by atoms with Crippen molar-refractivity contribution in [3.05, 3.63) is 51.4 Å². The lowest BCUT2D eigenvalue weighted by Crippen LogP contribution is -2.15. The Morgan fingerprint density at radius 2 is 1.96 bits per heavy atom. The quantitative estimate of drug-likeness (QED) is 0.863. The number of anilines is 1. The SMILES string of the molecule is CCOC(=O)c1c(NC(=O)c2ccc(C)cc2)sc2c1CCC2. The van der Waals surface area contributed by atoms with Crippen molar-refractivity contribution in [1.82, 2.24) is 0 Å². The Morgan fingerprint density at radius 1 is 1.22 bits per heavy atom. The first-order chi connectivity index (χ1) is 11.1. The Bertz CT molecular complexity index is 746. The third-order valence-electron chi connectivity index (χ3n) is 3.94. The van der Waals surface area contributed by atoms with Gasteiger partial charge in [0.2, 0.25) is 0 Å². The van der Waals surface area contributed by atoms with Gasteiger partial charge in [-0.05, 0) is 50.8 Å². The molecule has 120 valence electrons. The summed E-state index contributed by atoms with van der Waals surface area (Å²) in [5.74, 6) is -0.540. The van der Waals surface area contributed by atoms with Crippen LogP contribution in [-0.2, 0) is 17.6 Å². The highest BCUT2D eigenvalue weighted by molar-refractivity contribution is 7.17. The van der Waals surface area contributed by atoms with E-state index in [1.807, 2.05) is 19.1 Å². The topological polar surface area (TPSA) is 55.4 Å². The zero-order valence-electron chi connectivity index (χ0n) is 13.3. The lowest BCUT2D eigenvalue weighted by Gasteiger charge is -2.08. The number of carbonyl (C=O) groups is 2. The van der Waals surface area contributed by atoms with E-state index in [4.69, 9.17) is 4.74 Å². The number of ether oxygens (including phenoxy) is 1. The van der Waals surface area contributed by atoms with Crippen molar-refractivity contribution in [2.24, 2.45) is 0 Å². The number of hydrogen-bond acceptors (Lipinski definition) is 4. The molecule has 1 N–H and O–H groups in total. The van der Waals surface area contributed by atoms with Gasteiger partial charge in [0, 0.05) is 10.4 Å². The second kappa shape index (κ2) is 6.54. The predicted octanol–water partition coefficient (Wildman–Crippen LogP) is 3.97. The van der Waals surface area contributed by atoms with Crippen LogP contribution in [0.4, 0.5) is 5.00 Å². The molecule has 0 saturated carbocycles. The van der Waals surface area contributed by atoms with Gasteiger partial charge < -0.3 is 10.1 Å². The molecule has 0 spiro atoms. The molecule has 4 nitrogen and oxygen atoms in total. The van der Waals surface area contributed by atoms with Crippen LogP contribution in [0, 0.1) is 6.92 Å². The largest absolute Gasteiger partial charge is 0.462 e. The smallest absolute Gasteiger partial charge is 0.341 e. The monoisotopic (exact) mass is 329 g/mol. The summed E-state index contributed by atoms with van der Waals surface area (Å²) < 4.78 is 5.17. The Labute approximate surface area is 139 Å². The van der Waals surface area contributed by atoms with E-state index >= 15 is 0 Å². The van der Waals surface area contributed by atoms with Gasteiger partial charge >= 0.3 is 5.97 Å². The predicted molar refractivity (Wildman–Crippen MR) is 91.4 cm³/mol. The summed E-state index contributed by atoms with van der Waals surface area (Å²) in [6.07, 6.45) is 2.90. The number of rotatable bonds is 4. The minimum Gasteiger partial charge on any atom is -0.462 e. The molecule has 0 bridgehead atoms. The van der Waals surface area contributed by atoms with Crippen LogP contribution in [0.25, 0.3) is 0 Å². The maximum absolute atomic E-state index is 12.4. The third kappa shape index (κ3) is 3.15. The van der Waals surface area contributed by atoms with Crippen LogP contribution in [0.15, 0.2) is 24.3 Å². The molecule has 1 heterocycles. The summed E-state index contributed by atoms with van der Waals surface area (Å²) >= 11 is 1.50. The summed E-state index contributed by atoms with van der Waals surface area (Å²) in [4.78, 5) is 25.9. The first-order valence-electron chi connectivity index (χ1n) is 7.79. The maximum Gasteiger partial charge on any atom is 0.341 e. The number of thiophene rings is 1. The molecule has 1 amide bonds. The van der Waals surface area contributed by atoms with Gasteiger partial charge in [-0.1, -0.05) is 17.7 Å². The minimum atomic E-state index is -0.342. The molecule has 23 heavy (non-hydrogen) atoms. The number of carbonyl (C=O) groups excluding carboxylic acids is 2. The Hall–Kier alpha value is -2.14. The Morgan fingerprint density at radius 3 is 2.65 bits per heavy atom. The van der Waals surface area contributed by atoms with E-state index in [2.05, 4.69) is 5.32 Å². The van der Waals surface area contributed by atoms with E-state index in [1.54, 1.807) is 19.1 Å². The van der Waals surface area contributed by atoms with Crippen molar-refractivity contribution in [2.45, 2.75) is 33.1 Å². The molecule has 0 aliphatic heterocycles. The van der Waals surface area contributed by atoms with Gasteiger partial charge in [-0.3, -0.25) is 4.79 Å². The van der Waals surface area contributed by atoms with E-state index in [9.17, 15) is 9.59 Å². The highest BCUT2D eigenvalue weighted by Gasteiger charge is 2.28. The summed E-state index contributed by atoms with van der Waals surface area (Å²) in [6, 6.07) is 7.37. The van der Waals surface area contributed by atoms with Crippen LogP contribution in [0.1, 0.15) is 50.1 Å². The van der Waals surface area contributed by atoms with E-state index in [-0.39, 0.29) is 11.9 Å². The van der Waals surface area contributed by atoms with Crippen LogP contribution < -0.4 is 5.32 Å². The van der Waals surface area contributed by atoms with E-state index in [1.165, 1.54) is 16.2 Å². The molecule has 0 saturated heterocycles. The molecule has 1 aromatic heterocycles. The second-order valence-corrected chi connectivity index (χ2v) is 6.71. The number of amides is 1. The van der Waals surface area contributed by atoms with Crippen LogP contribution in [-0.4, -0.2) is 18.5 Å². The molecule has 1 aliphatic rings. The van der Waals surface area contributed by atoms with Crippen molar-refractivity contribution < 1.29 is 14.3 Å². The summed E-state index contributed by atoms with van der Waals surface area (Å²) in [7, 11) is 0. The number of hydrogen-bond donors (Lipinski definition) is 1. The van der Waals surface area contributed by atoms with Crippen LogP contribution in [0.2, 0.25) is 0 Å². The van der Waals surface area contributed by atoms with Gasteiger partial charge in [0.1, 0.15) is 5.00 Å². The number of fused-ring (bicyclic) bond motifs is 1. The average molecular weight is 329 g/mol. The fourth-order valence-corrected chi connectivity index (χ4v) is 4.06. The lowest BCUT2D eigenvalue weighted by molar-refractivity contribution is 0.0527. The fraction of sp³-hybridized carbons (Fsp3) is 0.333. The number of nitrogens with one attached hydrogen (secondary N) is 1. The maximum atomic E-state index is 12.4. The van der Waals surface area contributed by atoms with Crippen LogP contribution >= 0.6 is 11.3 Å². The first-order valence-corrected chi connectivity index (χ1v) is 8.61. The number of benzene rings is 1. The molecule has 2 aromatic rings. The molecule has 0 fully saturated rings. The molecule has 3 rings (SSSR count). The summed E-state index contributed by atoms with van der Waals surface area (Å²) in [5, 5.41) is 3.50. The summed E-state index contributed by atoms with van der Waals surface area (Å²) in [5.41, 5.74) is 3.28. The molecule has 5 heteroatoms. The fourth-order valence-electron chi connectivity index (χ4n) is 2.79. The Balaban J connectivity index is 1.89. The second-order valence-electron chi connectivity index (χ2n) is 5.60. The number of esters is 1. The molecule has 0 unspecified atom stereocenters. The van der Waals surface area contributed by atoms with Crippen molar-refractivity contribution in [3.63, 3.8) is 0 Å². The molecule has 1 aliphatic carbocycles. The minimum absolute atomic E-state index is 0.199. The Kier molecular flexibility index (Phi) is 4.48. The molecule has 0 atom stereocenters. The molecule has 0 radical (unpaired) electrons. The zero-order valence-corrected chi connectivity index (χ0v) is 14.1. The van der Waals surface area contributed by atoms with Crippen LogP contribution in [0.5, 0.6) is 0 Å². The van der Waals surface area contributed by atoms with Gasteiger partial charge in [0.25, 0.3) is 5.91 Å². The number of aryl methyl sites for hydroxylation is 2. The summed E-state index contributed by atoms with van der Waals surface area (Å²) in [6.45, 7) is 4.09.